The average molecular weight is 115 g/mol. The number of rotatable bonds is 3. The number of azide groups is 1. The van der Waals surface area contributed by atoms with Crippen molar-refractivity contribution in [1.82, 2.24) is 0 Å². The van der Waals surface area contributed by atoms with Gasteiger partial charge in [-0.05, 0) is 10.4 Å². The molecule has 0 fully saturated rings. The zero-order chi connectivity index (χ0) is 6.41. The lowest BCUT2D eigenvalue weighted by Crippen LogP contribution is -2.14. The van der Waals surface area contributed by atoms with Gasteiger partial charge in [-0.2, -0.15) is 0 Å². The van der Waals surface area contributed by atoms with E-state index < -0.39 is 7.25 Å². The molecule has 44 valence electrons. The number of hydrogen-bond donors (Lipinski definition) is 0. The summed E-state index contributed by atoms with van der Waals surface area (Å²) >= 11 is 0. The lowest BCUT2D eigenvalue weighted by Gasteiger charge is -1.97. The van der Waals surface area contributed by atoms with Crippen LogP contribution in [0.5, 0.6) is 0 Å². The predicted molar refractivity (Wildman–Crippen MR) is 28.9 cm³/mol. The second-order valence-electron chi connectivity index (χ2n) is 0.983. The van der Waals surface area contributed by atoms with Crippen molar-refractivity contribution in [2.45, 2.75) is 0 Å². The first-order chi connectivity index (χ1) is 3.85. The predicted octanol–water partition coefficient (Wildman–Crippen LogP) is 0.574. The van der Waals surface area contributed by atoms with Crippen LogP contribution in [0.3, 0.4) is 0 Å². The molecule has 0 saturated heterocycles. The zero-order valence-electron chi connectivity index (χ0n) is 4.74. The first-order valence-corrected chi connectivity index (χ1v) is 1.95. The summed E-state index contributed by atoms with van der Waals surface area (Å²) < 4.78 is 8.99. The lowest BCUT2D eigenvalue weighted by atomic mass is 10.2. The molecule has 0 rings (SSSR count). The van der Waals surface area contributed by atoms with E-state index in [2.05, 4.69) is 19.2 Å². The molecule has 0 bridgehead atoms. The molecule has 8 heavy (non-hydrogen) atoms. The fourth-order valence-electron chi connectivity index (χ4n) is 0.233. The highest BCUT2D eigenvalue weighted by molar-refractivity contribution is 6.41. The van der Waals surface area contributed by atoms with Gasteiger partial charge in [0.25, 0.3) is 0 Å². The van der Waals surface area contributed by atoms with Gasteiger partial charge < -0.3 is 9.31 Å². The minimum absolute atomic E-state index is 0.792. The van der Waals surface area contributed by atoms with Crippen LogP contribution in [0.2, 0.25) is 0 Å². The van der Waals surface area contributed by atoms with Gasteiger partial charge in [-0.15, -0.1) is 0 Å². The van der Waals surface area contributed by atoms with Crippen molar-refractivity contribution >= 4 is 7.25 Å². The highest BCUT2D eigenvalue weighted by Gasteiger charge is 2.08. The maximum atomic E-state index is 7.80. The Hall–Kier alpha value is -0.705. The summed E-state index contributed by atoms with van der Waals surface area (Å²) in [7, 11) is 1.99. The molecule has 0 atom stereocenters. The smallest absolute Gasteiger partial charge is 0.411 e. The molecular weight excluding hydrogens is 109 g/mol. The van der Waals surface area contributed by atoms with Crippen LogP contribution < -0.4 is 0 Å². The van der Waals surface area contributed by atoms with Crippen LogP contribution in [-0.2, 0) is 9.31 Å². The monoisotopic (exact) mass is 115 g/mol. The van der Waals surface area contributed by atoms with Gasteiger partial charge in [-0.25, -0.2) is 0 Å². The summed E-state index contributed by atoms with van der Waals surface area (Å²) in [5.41, 5.74) is 7.80. The van der Waals surface area contributed by atoms with Crippen molar-refractivity contribution in [2.75, 3.05) is 14.2 Å². The standard InChI is InChI=1S/C2H6BN3O2/c1-7-3(8-2)5-6-4/h1-2H3. The van der Waals surface area contributed by atoms with Crippen LogP contribution in [0, 0.1) is 0 Å². The van der Waals surface area contributed by atoms with E-state index in [1.165, 1.54) is 14.2 Å². The Labute approximate surface area is 47.4 Å². The van der Waals surface area contributed by atoms with Gasteiger partial charge in [0, 0.05) is 14.2 Å². The van der Waals surface area contributed by atoms with Crippen molar-refractivity contribution in [3.8, 4) is 0 Å². The summed E-state index contributed by atoms with van der Waals surface area (Å²) in [6.45, 7) is 0. The maximum Gasteiger partial charge on any atom is 0.548 e. The quantitative estimate of drug-likeness (QED) is 0.233. The Kier molecular flexibility index (Phi) is 4.06. The molecule has 0 unspecified atom stereocenters. The highest BCUT2D eigenvalue weighted by atomic mass is 16.6. The Morgan fingerprint density at radius 3 is 2.12 bits per heavy atom. The van der Waals surface area contributed by atoms with Gasteiger partial charge in [0.05, 0.1) is 0 Å². The first-order valence-electron chi connectivity index (χ1n) is 1.95. The molecule has 0 aromatic heterocycles. The molecule has 0 aliphatic heterocycles. The van der Waals surface area contributed by atoms with Crippen LogP contribution >= 0.6 is 0 Å². The Morgan fingerprint density at radius 1 is 1.50 bits per heavy atom. The number of nitrogens with zero attached hydrogens (tertiary/aromatic N) is 3. The molecule has 0 radical (unpaired) electrons. The molecule has 0 aliphatic carbocycles. The highest BCUT2D eigenvalue weighted by Crippen LogP contribution is 1.84. The summed E-state index contributed by atoms with van der Waals surface area (Å²) in [4.78, 5) is 2.45. The van der Waals surface area contributed by atoms with Gasteiger partial charge in [0.2, 0.25) is 0 Å². The van der Waals surface area contributed by atoms with E-state index >= 15 is 0 Å². The van der Waals surface area contributed by atoms with Crippen molar-refractivity contribution in [1.29, 1.82) is 0 Å². The van der Waals surface area contributed by atoms with Crippen molar-refractivity contribution < 1.29 is 9.31 Å². The van der Waals surface area contributed by atoms with E-state index in [1.807, 2.05) is 0 Å². The van der Waals surface area contributed by atoms with Crippen LogP contribution in [-0.4, -0.2) is 21.5 Å². The largest absolute Gasteiger partial charge is 0.548 e. The molecule has 0 amide bonds. The van der Waals surface area contributed by atoms with Gasteiger partial charge in [0.1, 0.15) is 0 Å². The van der Waals surface area contributed by atoms with E-state index in [-0.39, 0.29) is 0 Å². The molecular formula is C2H6BN3O2. The average Bonchev–Trinajstić information content (AvgIpc) is 1.83. The summed E-state index contributed by atoms with van der Waals surface area (Å²) in [6, 6.07) is 0. The van der Waals surface area contributed by atoms with Crippen molar-refractivity contribution in [3.05, 3.63) is 10.4 Å². The molecule has 0 aromatic carbocycles. The van der Waals surface area contributed by atoms with E-state index in [9.17, 15) is 0 Å². The topological polar surface area (TPSA) is 67.2 Å². The zero-order valence-corrected chi connectivity index (χ0v) is 4.74. The first kappa shape index (κ1) is 7.29. The van der Waals surface area contributed by atoms with Gasteiger partial charge in [0.15, 0.2) is 0 Å². The molecule has 0 spiro atoms. The Morgan fingerprint density at radius 2 is 2.00 bits per heavy atom. The van der Waals surface area contributed by atoms with E-state index in [1.54, 1.807) is 0 Å². The molecule has 0 aliphatic rings. The SMILES string of the molecule is COB(N=[N+]=[N-])OC. The van der Waals surface area contributed by atoms with E-state index in [4.69, 9.17) is 5.53 Å². The van der Waals surface area contributed by atoms with Crippen LogP contribution in [0.25, 0.3) is 10.4 Å². The molecule has 6 heteroatoms. The summed E-state index contributed by atoms with van der Waals surface area (Å²) in [6.07, 6.45) is 0. The fraction of sp³-hybridized carbons (Fsp3) is 1.00. The van der Waals surface area contributed by atoms with Crippen molar-refractivity contribution in [2.24, 2.45) is 5.03 Å². The van der Waals surface area contributed by atoms with Crippen molar-refractivity contribution in [3.63, 3.8) is 0 Å². The summed E-state index contributed by atoms with van der Waals surface area (Å²) in [5.74, 6) is 0. The number of hydrogen-bond acceptors (Lipinski definition) is 3. The molecule has 0 saturated carbocycles. The minimum Gasteiger partial charge on any atom is -0.411 e. The Bertz CT molecular complexity index is 97.5. The van der Waals surface area contributed by atoms with Gasteiger partial charge >= 0.3 is 7.25 Å². The molecule has 5 nitrogen and oxygen atoms in total. The van der Waals surface area contributed by atoms with Gasteiger partial charge in [-0.1, -0.05) is 5.03 Å². The third-order valence-electron chi connectivity index (χ3n) is 0.549. The van der Waals surface area contributed by atoms with Crippen LogP contribution in [0.15, 0.2) is 5.03 Å². The molecule has 0 N–H and O–H groups in total. The van der Waals surface area contributed by atoms with Gasteiger partial charge in [-0.3, -0.25) is 0 Å². The third-order valence-corrected chi connectivity index (χ3v) is 0.549. The maximum absolute atomic E-state index is 7.80. The summed E-state index contributed by atoms with van der Waals surface area (Å²) in [5, 5.41) is 3.10. The molecule has 0 heterocycles. The molecule has 0 aromatic rings. The van der Waals surface area contributed by atoms with E-state index in [0.29, 0.717) is 0 Å². The second kappa shape index (κ2) is 4.45. The van der Waals surface area contributed by atoms with Crippen LogP contribution in [0.1, 0.15) is 0 Å². The normalized spacial score (nSPS) is 7.75. The van der Waals surface area contributed by atoms with Crippen LogP contribution in [0.4, 0.5) is 0 Å². The fourth-order valence-corrected chi connectivity index (χ4v) is 0.233. The van der Waals surface area contributed by atoms with E-state index in [0.717, 1.165) is 0 Å². The minimum atomic E-state index is -0.792. The lowest BCUT2D eigenvalue weighted by molar-refractivity contribution is 0.279. The third kappa shape index (κ3) is 2.46. The Balaban J connectivity index is 3.52. The second-order valence-corrected chi connectivity index (χ2v) is 0.983.